The summed E-state index contributed by atoms with van der Waals surface area (Å²) in [6, 6.07) is 8.44. The first kappa shape index (κ1) is 18.2. The Kier molecular flexibility index (Phi) is 6.27. The number of carbonyl (C=O) groups excluding carboxylic acids is 1. The molecule has 1 heterocycles. The zero-order valence-corrected chi connectivity index (χ0v) is 15.4. The van der Waals surface area contributed by atoms with Crippen molar-refractivity contribution in [1.29, 1.82) is 0 Å². The average molecular weight is 342 g/mol. The lowest BCUT2D eigenvalue weighted by Crippen LogP contribution is -2.45. The number of morpholine rings is 1. The molecule has 0 unspecified atom stereocenters. The number of amides is 1. The fraction of sp³-hybridized carbons (Fsp3) is 0.571. The van der Waals surface area contributed by atoms with Crippen LogP contribution in [0.15, 0.2) is 36.4 Å². The Labute approximate surface area is 151 Å². The van der Waals surface area contributed by atoms with Crippen molar-refractivity contribution in [3.63, 3.8) is 0 Å². The van der Waals surface area contributed by atoms with Crippen LogP contribution in [-0.4, -0.2) is 36.1 Å². The lowest BCUT2D eigenvalue weighted by molar-refractivity contribution is -0.125. The van der Waals surface area contributed by atoms with Gasteiger partial charge in [-0.3, -0.25) is 9.69 Å². The monoisotopic (exact) mass is 342 g/mol. The Morgan fingerprint density at radius 3 is 2.56 bits per heavy atom. The van der Waals surface area contributed by atoms with E-state index in [2.05, 4.69) is 60.5 Å². The molecule has 0 bridgehead atoms. The molecule has 1 aromatic rings. The number of nitrogens with one attached hydrogen (secondary N) is 1. The minimum absolute atomic E-state index is 0.137. The van der Waals surface area contributed by atoms with Crippen molar-refractivity contribution in [3.8, 4) is 0 Å². The van der Waals surface area contributed by atoms with Gasteiger partial charge in [-0.05, 0) is 44.2 Å². The topological polar surface area (TPSA) is 41.6 Å². The maximum absolute atomic E-state index is 12.4. The number of carbonyl (C=O) groups is 1. The van der Waals surface area contributed by atoms with Gasteiger partial charge in [-0.1, -0.05) is 36.4 Å². The molecule has 0 spiro atoms. The van der Waals surface area contributed by atoms with Gasteiger partial charge in [0.15, 0.2) is 0 Å². The second kappa shape index (κ2) is 8.63. The summed E-state index contributed by atoms with van der Waals surface area (Å²) in [4.78, 5) is 14.8. The number of hydrogen-bond donors (Lipinski definition) is 1. The standard InChI is InChI=1S/C21H30N2O2/c1-16-13-23(14-17(2)25-16)15-20-11-7-6-10-19(20)12-22-21(24)18-8-4-3-5-9-18/h3-4,6-7,10-11,16-18H,5,8-9,12-15H2,1-2H3,(H,22,24)/t16-,17-,18-/m1/s1. The summed E-state index contributed by atoms with van der Waals surface area (Å²) in [6.07, 6.45) is 7.70. The molecule has 136 valence electrons. The smallest absolute Gasteiger partial charge is 0.223 e. The molecule has 25 heavy (non-hydrogen) atoms. The molecule has 3 rings (SSSR count). The Bertz CT molecular complexity index is 604. The fourth-order valence-corrected chi connectivity index (χ4v) is 3.90. The van der Waals surface area contributed by atoms with E-state index in [0.717, 1.165) is 38.9 Å². The maximum atomic E-state index is 12.4. The highest BCUT2D eigenvalue weighted by Gasteiger charge is 2.23. The van der Waals surface area contributed by atoms with E-state index in [-0.39, 0.29) is 24.0 Å². The first-order valence-electron chi connectivity index (χ1n) is 9.49. The lowest BCUT2D eigenvalue weighted by Gasteiger charge is -2.35. The molecule has 1 saturated heterocycles. The minimum Gasteiger partial charge on any atom is -0.373 e. The first-order chi connectivity index (χ1) is 12.1. The molecule has 1 amide bonds. The molecule has 2 aliphatic rings. The number of allylic oxidation sites excluding steroid dienone is 2. The average Bonchev–Trinajstić information content (AvgIpc) is 2.60. The van der Waals surface area contributed by atoms with Crippen LogP contribution >= 0.6 is 0 Å². The summed E-state index contributed by atoms with van der Waals surface area (Å²) < 4.78 is 5.83. The highest BCUT2D eigenvalue weighted by atomic mass is 16.5. The van der Waals surface area contributed by atoms with Crippen LogP contribution in [0.4, 0.5) is 0 Å². The van der Waals surface area contributed by atoms with Gasteiger partial charge in [-0.15, -0.1) is 0 Å². The van der Waals surface area contributed by atoms with Gasteiger partial charge in [0.2, 0.25) is 5.91 Å². The molecule has 1 aliphatic heterocycles. The largest absolute Gasteiger partial charge is 0.373 e. The summed E-state index contributed by atoms with van der Waals surface area (Å²) in [6.45, 7) is 7.71. The normalized spacial score (nSPS) is 27.2. The molecule has 1 fully saturated rings. The molecule has 1 N–H and O–H groups in total. The van der Waals surface area contributed by atoms with Crippen LogP contribution in [0.25, 0.3) is 0 Å². The molecule has 4 nitrogen and oxygen atoms in total. The van der Waals surface area contributed by atoms with E-state index in [0.29, 0.717) is 6.54 Å². The van der Waals surface area contributed by atoms with Crippen molar-refractivity contribution < 1.29 is 9.53 Å². The van der Waals surface area contributed by atoms with Gasteiger partial charge in [0, 0.05) is 32.1 Å². The van der Waals surface area contributed by atoms with E-state index >= 15 is 0 Å². The van der Waals surface area contributed by atoms with Gasteiger partial charge in [0.25, 0.3) is 0 Å². The minimum atomic E-state index is 0.137. The van der Waals surface area contributed by atoms with E-state index in [9.17, 15) is 4.79 Å². The third-order valence-corrected chi connectivity index (χ3v) is 5.10. The molecule has 1 aliphatic carbocycles. The molecule has 1 aromatic carbocycles. The number of benzene rings is 1. The molecule has 3 atom stereocenters. The predicted molar refractivity (Wildman–Crippen MR) is 100 cm³/mol. The van der Waals surface area contributed by atoms with Crippen LogP contribution in [0.5, 0.6) is 0 Å². The zero-order chi connectivity index (χ0) is 17.6. The number of ether oxygens (including phenoxy) is 1. The molecular formula is C21H30N2O2. The van der Waals surface area contributed by atoms with Crippen molar-refractivity contribution in [2.75, 3.05) is 13.1 Å². The van der Waals surface area contributed by atoms with Crippen LogP contribution in [0, 0.1) is 5.92 Å². The van der Waals surface area contributed by atoms with Crippen molar-refractivity contribution >= 4 is 5.91 Å². The number of hydrogen-bond acceptors (Lipinski definition) is 3. The quantitative estimate of drug-likeness (QED) is 0.835. The molecule has 0 radical (unpaired) electrons. The number of rotatable bonds is 5. The van der Waals surface area contributed by atoms with Crippen molar-refractivity contribution in [2.24, 2.45) is 5.92 Å². The summed E-state index contributed by atoms with van der Waals surface area (Å²) in [7, 11) is 0. The SMILES string of the molecule is C[C@@H]1CN(Cc2ccccc2CNC(=O)[C@@H]2CC=CCC2)C[C@@H](C)O1. The van der Waals surface area contributed by atoms with E-state index in [1.165, 1.54) is 11.1 Å². The van der Waals surface area contributed by atoms with Crippen LogP contribution in [0.2, 0.25) is 0 Å². The summed E-state index contributed by atoms with van der Waals surface area (Å²) in [5, 5.41) is 3.15. The Balaban J connectivity index is 1.58. The number of nitrogens with zero attached hydrogens (tertiary/aromatic N) is 1. The molecular weight excluding hydrogens is 312 g/mol. The molecule has 0 saturated carbocycles. The second-order valence-corrected chi connectivity index (χ2v) is 7.42. The molecule has 4 heteroatoms. The van der Waals surface area contributed by atoms with Crippen LogP contribution in [0.1, 0.15) is 44.2 Å². The zero-order valence-electron chi connectivity index (χ0n) is 15.4. The predicted octanol–water partition coefficient (Wildman–Crippen LogP) is 3.27. The van der Waals surface area contributed by atoms with Gasteiger partial charge >= 0.3 is 0 Å². The lowest BCUT2D eigenvalue weighted by atomic mass is 9.93. The summed E-state index contributed by atoms with van der Waals surface area (Å²) >= 11 is 0. The van der Waals surface area contributed by atoms with E-state index in [1.54, 1.807) is 0 Å². The van der Waals surface area contributed by atoms with Crippen LogP contribution in [0.3, 0.4) is 0 Å². The third-order valence-electron chi connectivity index (χ3n) is 5.10. The van der Waals surface area contributed by atoms with Gasteiger partial charge < -0.3 is 10.1 Å². The van der Waals surface area contributed by atoms with Crippen LogP contribution < -0.4 is 5.32 Å². The highest BCUT2D eigenvalue weighted by Crippen LogP contribution is 2.19. The Morgan fingerprint density at radius 2 is 1.88 bits per heavy atom. The van der Waals surface area contributed by atoms with Crippen LogP contribution in [-0.2, 0) is 22.6 Å². The Hall–Kier alpha value is -1.65. The van der Waals surface area contributed by atoms with E-state index in [1.807, 2.05) is 0 Å². The van der Waals surface area contributed by atoms with Gasteiger partial charge in [0.1, 0.15) is 0 Å². The second-order valence-electron chi connectivity index (χ2n) is 7.42. The summed E-state index contributed by atoms with van der Waals surface area (Å²) in [5.41, 5.74) is 2.52. The van der Waals surface area contributed by atoms with Crippen molar-refractivity contribution in [3.05, 3.63) is 47.5 Å². The fourth-order valence-electron chi connectivity index (χ4n) is 3.90. The van der Waals surface area contributed by atoms with E-state index in [4.69, 9.17) is 4.74 Å². The van der Waals surface area contributed by atoms with Gasteiger partial charge in [-0.2, -0.15) is 0 Å². The van der Waals surface area contributed by atoms with Crippen molar-refractivity contribution in [1.82, 2.24) is 10.2 Å². The van der Waals surface area contributed by atoms with Gasteiger partial charge in [-0.25, -0.2) is 0 Å². The maximum Gasteiger partial charge on any atom is 0.223 e. The summed E-state index contributed by atoms with van der Waals surface area (Å²) in [5.74, 6) is 0.325. The molecule has 0 aromatic heterocycles. The van der Waals surface area contributed by atoms with E-state index < -0.39 is 0 Å². The van der Waals surface area contributed by atoms with Gasteiger partial charge in [0.05, 0.1) is 12.2 Å². The first-order valence-corrected chi connectivity index (χ1v) is 9.49. The third kappa shape index (κ3) is 5.16. The Morgan fingerprint density at radius 1 is 1.16 bits per heavy atom. The van der Waals surface area contributed by atoms with Crippen molar-refractivity contribution in [2.45, 2.75) is 58.4 Å². The highest BCUT2D eigenvalue weighted by molar-refractivity contribution is 5.79.